The van der Waals surface area contributed by atoms with Crippen molar-refractivity contribution in [3.63, 3.8) is 0 Å². The van der Waals surface area contributed by atoms with Gasteiger partial charge in [-0.3, -0.25) is 9.59 Å². The van der Waals surface area contributed by atoms with Crippen molar-refractivity contribution >= 4 is 46.4 Å². The topological polar surface area (TPSA) is 59.0 Å². The largest absolute Gasteiger partial charge is 0.381 e. The fraction of sp³-hybridized carbons (Fsp3) is 0.118. The van der Waals surface area contributed by atoms with E-state index in [9.17, 15) is 14.0 Å². The van der Waals surface area contributed by atoms with E-state index in [1.807, 2.05) is 0 Å². The first-order chi connectivity index (χ1) is 12.0. The maximum Gasteiger partial charge on any atom is 0.278 e. The summed E-state index contributed by atoms with van der Waals surface area (Å²) in [6, 6.07) is 10.3. The molecule has 0 radical (unpaired) electrons. The van der Waals surface area contributed by atoms with Crippen molar-refractivity contribution in [3.8, 4) is 0 Å². The number of hydrogen-bond acceptors (Lipinski definition) is 4. The second-order valence-corrected chi connectivity index (χ2v) is 6.47. The number of nitrogens with zero attached hydrogens (tertiary/aromatic N) is 2. The van der Waals surface area contributed by atoms with E-state index in [1.165, 1.54) is 36.4 Å². The molecule has 8 heteroatoms. The lowest BCUT2D eigenvalue weighted by atomic mass is 9.94. The molecule has 2 aliphatic rings. The van der Waals surface area contributed by atoms with Crippen LogP contribution in [-0.4, -0.2) is 23.6 Å². The Morgan fingerprint density at radius 2 is 1.72 bits per heavy atom. The lowest BCUT2D eigenvalue weighted by molar-refractivity contribution is -0.126. The summed E-state index contributed by atoms with van der Waals surface area (Å²) >= 11 is 11.9. The van der Waals surface area contributed by atoms with E-state index in [0.717, 1.165) is 4.90 Å². The molecule has 1 fully saturated rings. The molecule has 1 saturated heterocycles. The molecule has 126 valence electrons. The summed E-state index contributed by atoms with van der Waals surface area (Å²) in [7, 11) is 0. The van der Waals surface area contributed by atoms with E-state index in [-0.39, 0.29) is 27.0 Å². The van der Waals surface area contributed by atoms with E-state index in [1.54, 1.807) is 6.07 Å². The van der Waals surface area contributed by atoms with Crippen LogP contribution in [0.3, 0.4) is 0 Å². The quantitative estimate of drug-likeness (QED) is 0.752. The molecule has 2 aliphatic heterocycles. The first-order valence-electron chi connectivity index (χ1n) is 7.30. The van der Waals surface area contributed by atoms with Gasteiger partial charge in [0.1, 0.15) is 17.4 Å². The van der Waals surface area contributed by atoms with Crippen LogP contribution in [0.2, 0.25) is 10.0 Å². The molecular weight excluding hydrogens is 370 g/mol. The van der Waals surface area contributed by atoms with Gasteiger partial charge in [0, 0.05) is 15.6 Å². The number of anilines is 1. The number of carbonyl (C=O) groups is 2. The van der Waals surface area contributed by atoms with Gasteiger partial charge in [-0.2, -0.15) is 0 Å². The van der Waals surface area contributed by atoms with Gasteiger partial charge in [0.25, 0.3) is 5.91 Å². The number of halogens is 3. The average Bonchev–Trinajstić information content (AvgIpc) is 3.08. The highest BCUT2D eigenvalue weighted by atomic mass is 35.5. The van der Waals surface area contributed by atoms with Crippen LogP contribution in [0.5, 0.6) is 0 Å². The van der Waals surface area contributed by atoms with Crippen molar-refractivity contribution in [1.82, 2.24) is 0 Å². The van der Waals surface area contributed by atoms with Gasteiger partial charge < -0.3 is 4.84 Å². The molecule has 0 saturated carbocycles. The number of fused-ring (bicyclic) bond motifs is 1. The minimum atomic E-state index is -1.13. The molecule has 4 rings (SSSR count). The predicted molar refractivity (Wildman–Crippen MR) is 90.3 cm³/mol. The van der Waals surface area contributed by atoms with Crippen LogP contribution >= 0.6 is 23.2 Å². The summed E-state index contributed by atoms with van der Waals surface area (Å²) in [4.78, 5) is 31.5. The summed E-state index contributed by atoms with van der Waals surface area (Å²) in [5, 5.41) is 4.33. The molecule has 2 aromatic carbocycles. The van der Waals surface area contributed by atoms with Gasteiger partial charge in [-0.05, 0) is 24.3 Å². The Labute approximate surface area is 151 Å². The van der Waals surface area contributed by atoms with Gasteiger partial charge in [-0.1, -0.05) is 46.6 Å². The molecular formula is C17H9Cl2FN2O3. The summed E-state index contributed by atoms with van der Waals surface area (Å²) in [6.45, 7) is 0. The van der Waals surface area contributed by atoms with Gasteiger partial charge in [0.05, 0.1) is 5.69 Å². The Kier molecular flexibility index (Phi) is 3.74. The van der Waals surface area contributed by atoms with Crippen LogP contribution < -0.4 is 4.90 Å². The fourth-order valence-electron chi connectivity index (χ4n) is 2.99. The number of hydrogen-bond donors (Lipinski definition) is 0. The minimum Gasteiger partial charge on any atom is -0.381 e. The Bertz CT molecular complexity index is 927. The first kappa shape index (κ1) is 16.1. The van der Waals surface area contributed by atoms with E-state index < -0.39 is 29.7 Å². The number of rotatable bonds is 2. The van der Waals surface area contributed by atoms with E-state index in [0.29, 0.717) is 0 Å². The first-order valence-corrected chi connectivity index (χ1v) is 8.05. The third-order valence-electron chi connectivity index (χ3n) is 4.07. The van der Waals surface area contributed by atoms with Gasteiger partial charge in [0.2, 0.25) is 12.0 Å². The van der Waals surface area contributed by atoms with Crippen molar-refractivity contribution in [3.05, 3.63) is 63.9 Å². The molecule has 5 nitrogen and oxygen atoms in total. The maximum atomic E-state index is 14.1. The smallest absolute Gasteiger partial charge is 0.278 e. The molecule has 25 heavy (non-hydrogen) atoms. The number of imide groups is 1. The van der Waals surface area contributed by atoms with Crippen molar-refractivity contribution in [1.29, 1.82) is 0 Å². The van der Waals surface area contributed by atoms with Crippen molar-refractivity contribution in [2.24, 2.45) is 11.1 Å². The molecule has 0 bridgehead atoms. The Morgan fingerprint density at radius 3 is 2.40 bits per heavy atom. The van der Waals surface area contributed by atoms with Crippen LogP contribution in [0.1, 0.15) is 5.56 Å². The van der Waals surface area contributed by atoms with E-state index >= 15 is 0 Å². The van der Waals surface area contributed by atoms with E-state index in [2.05, 4.69) is 5.16 Å². The molecule has 2 amide bonds. The zero-order valence-corrected chi connectivity index (χ0v) is 14.0. The van der Waals surface area contributed by atoms with Gasteiger partial charge >= 0.3 is 0 Å². The third-order valence-corrected chi connectivity index (χ3v) is 4.50. The normalized spacial score (nSPS) is 22.0. The highest BCUT2D eigenvalue weighted by Gasteiger charge is 2.56. The summed E-state index contributed by atoms with van der Waals surface area (Å²) in [5.74, 6) is -2.71. The summed E-state index contributed by atoms with van der Waals surface area (Å²) in [6.07, 6.45) is -1.13. The van der Waals surface area contributed by atoms with Crippen LogP contribution in [0.4, 0.5) is 10.1 Å². The highest BCUT2D eigenvalue weighted by Crippen LogP contribution is 2.37. The Hall–Kier alpha value is -2.44. The highest BCUT2D eigenvalue weighted by molar-refractivity contribution is 6.37. The van der Waals surface area contributed by atoms with Crippen molar-refractivity contribution in [2.75, 3.05) is 4.90 Å². The molecule has 0 aliphatic carbocycles. The van der Waals surface area contributed by atoms with Crippen molar-refractivity contribution in [2.45, 2.75) is 6.10 Å². The van der Waals surface area contributed by atoms with Gasteiger partial charge in [-0.25, -0.2) is 9.29 Å². The molecule has 2 atom stereocenters. The zero-order valence-electron chi connectivity index (χ0n) is 12.4. The zero-order chi connectivity index (χ0) is 17.7. The van der Waals surface area contributed by atoms with Gasteiger partial charge in [0.15, 0.2) is 0 Å². The van der Waals surface area contributed by atoms with Crippen LogP contribution in [0.15, 0.2) is 47.6 Å². The molecule has 2 heterocycles. The number of carbonyl (C=O) groups excluding carboxylic acids is 2. The van der Waals surface area contributed by atoms with Crippen LogP contribution in [-0.2, 0) is 14.4 Å². The Balaban J connectivity index is 1.75. The maximum absolute atomic E-state index is 14.1. The molecule has 2 aromatic rings. The molecule has 0 unspecified atom stereocenters. The Morgan fingerprint density at radius 1 is 1.04 bits per heavy atom. The fourth-order valence-corrected chi connectivity index (χ4v) is 3.51. The number of amides is 2. The lowest BCUT2D eigenvalue weighted by Crippen LogP contribution is -2.33. The SMILES string of the molecule is O=C1[C@H]2C(c3ccccc3F)=NO[C@H]2C(=O)N1c1cc(Cl)cc(Cl)c1. The predicted octanol–water partition coefficient (Wildman–Crippen LogP) is 3.43. The summed E-state index contributed by atoms with van der Waals surface area (Å²) < 4.78 is 14.1. The second kappa shape index (κ2) is 5.82. The minimum absolute atomic E-state index is 0.0945. The second-order valence-electron chi connectivity index (χ2n) is 5.60. The molecule has 0 N–H and O–H groups in total. The molecule has 0 spiro atoms. The van der Waals surface area contributed by atoms with Crippen LogP contribution in [0.25, 0.3) is 0 Å². The van der Waals surface area contributed by atoms with E-state index in [4.69, 9.17) is 28.0 Å². The molecule has 0 aromatic heterocycles. The van der Waals surface area contributed by atoms with Gasteiger partial charge in [-0.15, -0.1) is 0 Å². The summed E-state index contributed by atoms with van der Waals surface area (Å²) in [5.41, 5.74) is 0.456. The number of oxime groups is 1. The monoisotopic (exact) mass is 378 g/mol. The third kappa shape index (κ3) is 2.49. The number of benzene rings is 2. The van der Waals surface area contributed by atoms with Crippen molar-refractivity contribution < 1.29 is 18.8 Å². The average molecular weight is 379 g/mol. The van der Waals surface area contributed by atoms with Crippen LogP contribution in [0, 0.1) is 11.7 Å². The standard InChI is InChI=1S/C17H9Cl2FN2O3/c18-8-5-9(19)7-10(6-8)22-16(23)13-14(21-25-15(13)17(22)24)11-3-1-2-4-12(11)20/h1-7,13,15H/t13-,15+/m0/s1. The lowest BCUT2D eigenvalue weighted by Gasteiger charge is -2.16.